The second-order valence-electron chi connectivity index (χ2n) is 22.7. The van der Waals surface area contributed by atoms with Gasteiger partial charge in [-0.05, 0) is 171 Å². The van der Waals surface area contributed by atoms with Crippen molar-refractivity contribution in [3.63, 3.8) is 0 Å². The van der Waals surface area contributed by atoms with E-state index in [9.17, 15) is 0 Å². The van der Waals surface area contributed by atoms with Crippen molar-refractivity contribution in [3.8, 4) is 0 Å². The first kappa shape index (κ1) is 39.6. The molecule has 0 fully saturated rings. The molecular formula is C58H63BN2O. The van der Waals surface area contributed by atoms with Gasteiger partial charge in [-0.2, -0.15) is 0 Å². The second-order valence-corrected chi connectivity index (χ2v) is 22.7. The van der Waals surface area contributed by atoms with Gasteiger partial charge in [-0.1, -0.05) is 118 Å². The highest BCUT2D eigenvalue weighted by Crippen LogP contribution is 2.53. The number of benzene rings is 6. The number of furan rings is 1. The van der Waals surface area contributed by atoms with Gasteiger partial charge in [0.05, 0.1) is 0 Å². The minimum Gasteiger partial charge on any atom is -0.456 e. The molecular weight excluding hydrogens is 751 g/mol. The molecule has 6 aromatic carbocycles. The monoisotopic (exact) mass is 815 g/mol. The molecule has 0 unspecified atom stereocenters. The molecule has 314 valence electrons. The number of nitrogens with zero attached hydrogens (tertiary/aromatic N) is 2. The number of para-hydroxylation sites is 1. The maximum absolute atomic E-state index is 6.75. The fraction of sp³-hybridized carbons (Fsp3) is 0.379. The van der Waals surface area contributed by atoms with Crippen LogP contribution in [-0.4, -0.2) is 6.71 Å². The number of anilines is 6. The van der Waals surface area contributed by atoms with Crippen molar-refractivity contribution >= 4 is 79.2 Å². The van der Waals surface area contributed by atoms with Crippen LogP contribution in [0.25, 0.3) is 21.9 Å². The molecule has 2 aliphatic carbocycles. The SMILES string of the molecule is Cc1cc2c3c(c1)N(c1cc4c(cc1C)C(C)(C)CCC4(C)C)c1cc4oc5ccccc5c4cc1B3c1cc(C(C)C)ccc1N2c1cc2c(cc1C)C(C)(C)CCC2(C)C. The minimum atomic E-state index is 0.0245. The van der Waals surface area contributed by atoms with E-state index in [0.29, 0.717) is 5.92 Å². The molecule has 0 bridgehead atoms. The standard InChI is InChI=1S/C58H63BN2O/c1-33(2)37-18-19-46-44(28-37)59-45-29-39-38-16-14-15-17-52(38)62-53(39)32-49(45)61(48-31-43-41(27-36(48)5)56(8,9)21-23-58(43,12)13)51-25-34(3)24-50(54(51)59)60(46)47-30-42-40(26-35(47)4)55(6,7)20-22-57(42,10)11/h14-19,24-33H,20-23H2,1-13H3. The third-order valence-corrected chi connectivity index (χ3v) is 16.2. The maximum atomic E-state index is 6.75. The zero-order valence-corrected chi connectivity index (χ0v) is 39.4. The molecule has 4 aliphatic rings. The summed E-state index contributed by atoms with van der Waals surface area (Å²) in [6.45, 7) is 31.3. The predicted octanol–water partition coefficient (Wildman–Crippen LogP) is 14.4. The van der Waals surface area contributed by atoms with E-state index < -0.39 is 0 Å². The van der Waals surface area contributed by atoms with Crippen LogP contribution in [0, 0.1) is 20.8 Å². The summed E-state index contributed by atoms with van der Waals surface area (Å²) in [4.78, 5) is 5.30. The van der Waals surface area contributed by atoms with Crippen LogP contribution >= 0.6 is 0 Å². The first-order valence-corrected chi connectivity index (χ1v) is 23.4. The summed E-state index contributed by atoms with van der Waals surface area (Å²) < 4.78 is 6.75. The molecule has 7 aromatic rings. The lowest BCUT2D eigenvalue weighted by Gasteiger charge is -2.47. The Labute approximate surface area is 370 Å². The lowest BCUT2D eigenvalue weighted by molar-refractivity contribution is 0.332. The molecule has 2 aliphatic heterocycles. The minimum absolute atomic E-state index is 0.0245. The smallest absolute Gasteiger partial charge is 0.252 e. The molecule has 3 heterocycles. The fourth-order valence-electron chi connectivity index (χ4n) is 12.2. The van der Waals surface area contributed by atoms with E-state index in [4.69, 9.17) is 4.42 Å². The molecule has 62 heavy (non-hydrogen) atoms. The van der Waals surface area contributed by atoms with Crippen molar-refractivity contribution in [3.05, 3.63) is 136 Å². The van der Waals surface area contributed by atoms with Crippen LogP contribution in [0.5, 0.6) is 0 Å². The number of hydrogen-bond acceptors (Lipinski definition) is 3. The second kappa shape index (κ2) is 12.9. The van der Waals surface area contributed by atoms with Crippen molar-refractivity contribution in [1.29, 1.82) is 0 Å². The number of aryl methyl sites for hydroxylation is 3. The third kappa shape index (κ3) is 5.56. The Morgan fingerprint density at radius 2 is 0.984 bits per heavy atom. The average molecular weight is 815 g/mol. The van der Waals surface area contributed by atoms with Gasteiger partial charge in [0.1, 0.15) is 11.2 Å². The van der Waals surface area contributed by atoms with E-state index >= 15 is 0 Å². The van der Waals surface area contributed by atoms with Crippen molar-refractivity contribution in [1.82, 2.24) is 0 Å². The van der Waals surface area contributed by atoms with Crippen LogP contribution in [0.3, 0.4) is 0 Å². The molecule has 0 saturated heterocycles. The molecule has 0 amide bonds. The van der Waals surface area contributed by atoms with Gasteiger partial charge in [-0.3, -0.25) is 0 Å². The molecule has 3 nitrogen and oxygen atoms in total. The van der Waals surface area contributed by atoms with Crippen molar-refractivity contribution in [2.45, 2.75) is 143 Å². The van der Waals surface area contributed by atoms with Crippen LogP contribution < -0.4 is 26.2 Å². The Morgan fingerprint density at radius 1 is 0.484 bits per heavy atom. The number of hydrogen-bond donors (Lipinski definition) is 0. The number of fused-ring (bicyclic) bond motifs is 9. The molecule has 0 saturated carbocycles. The molecule has 0 spiro atoms. The summed E-state index contributed by atoms with van der Waals surface area (Å²) >= 11 is 0. The summed E-state index contributed by atoms with van der Waals surface area (Å²) in [5.74, 6) is 0.395. The quantitative estimate of drug-likeness (QED) is 0.166. The van der Waals surface area contributed by atoms with E-state index in [1.807, 2.05) is 0 Å². The summed E-state index contributed by atoms with van der Waals surface area (Å²) in [6, 6.07) is 36.1. The molecule has 0 N–H and O–H groups in total. The summed E-state index contributed by atoms with van der Waals surface area (Å²) in [5.41, 5.74) is 25.3. The van der Waals surface area contributed by atoms with E-state index in [1.54, 1.807) is 0 Å². The highest BCUT2D eigenvalue weighted by Gasteiger charge is 2.46. The first-order valence-electron chi connectivity index (χ1n) is 23.4. The van der Waals surface area contributed by atoms with Crippen LogP contribution in [0.2, 0.25) is 0 Å². The van der Waals surface area contributed by atoms with Gasteiger partial charge in [0.25, 0.3) is 6.71 Å². The molecule has 1 aromatic heterocycles. The average Bonchev–Trinajstić information content (AvgIpc) is 3.58. The van der Waals surface area contributed by atoms with Crippen LogP contribution in [0.1, 0.15) is 145 Å². The van der Waals surface area contributed by atoms with Gasteiger partial charge in [0.15, 0.2) is 0 Å². The molecule has 0 radical (unpaired) electrons. The predicted molar refractivity (Wildman–Crippen MR) is 267 cm³/mol. The van der Waals surface area contributed by atoms with Gasteiger partial charge >= 0.3 is 0 Å². The van der Waals surface area contributed by atoms with Gasteiger partial charge in [0.2, 0.25) is 0 Å². The fourth-order valence-corrected chi connectivity index (χ4v) is 12.2. The Bertz CT molecular complexity index is 3060. The van der Waals surface area contributed by atoms with Crippen molar-refractivity contribution < 1.29 is 4.42 Å². The Hall–Kier alpha value is -5.22. The van der Waals surface area contributed by atoms with Gasteiger partial charge in [-0.15, -0.1) is 0 Å². The topological polar surface area (TPSA) is 19.6 Å². The van der Waals surface area contributed by atoms with Gasteiger partial charge in [0, 0.05) is 51.0 Å². The molecule has 4 heteroatoms. The van der Waals surface area contributed by atoms with Crippen molar-refractivity contribution in [2.75, 3.05) is 9.80 Å². The van der Waals surface area contributed by atoms with Gasteiger partial charge in [-0.25, -0.2) is 0 Å². The van der Waals surface area contributed by atoms with E-state index in [0.717, 1.165) is 11.2 Å². The Morgan fingerprint density at radius 3 is 1.53 bits per heavy atom. The van der Waals surface area contributed by atoms with E-state index in [1.165, 1.54) is 131 Å². The zero-order valence-electron chi connectivity index (χ0n) is 39.4. The normalized spacial score (nSPS) is 18.7. The largest absolute Gasteiger partial charge is 0.456 e. The summed E-state index contributed by atoms with van der Waals surface area (Å²) in [6.07, 6.45) is 4.75. The Kier molecular flexibility index (Phi) is 8.26. The van der Waals surface area contributed by atoms with E-state index in [-0.39, 0.29) is 28.4 Å². The molecule has 0 atom stereocenters. The van der Waals surface area contributed by atoms with Crippen LogP contribution in [0.15, 0.2) is 95.4 Å². The van der Waals surface area contributed by atoms with Crippen molar-refractivity contribution in [2.24, 2.45) is 0 Å². The lowest BCUT2D eigenvalue weighted by atomic mass is 9.33. The van der Waals surface area contributed by atoms with Gasteiger partial charge < -0.3 is 14.2 Å². The highest BCUT2D eigenvalue weighted by atomic mass is 16.3. The first-order chi connectivity index (χ1) is 29.3. The highest BCUT2D eigenvalue weighted by molar-refractivity contribution is 7.00. The van der Waals surface area contributed by atoms with Crippen LogP contribution in [0.4, 0.5) is 34.1 Å². The summed E-state index contributed by atoms with van der Waals surface area (Å²) in [5, 5.41) is 2.35. The van der Waals surface area contributed by atoms with Crippen LogP contribution in [-0.2, 0) is 21.7 Å². The van der Waals surface area contributed by atoms with E-state index in [2.05, 4.69) is 191 Å². The zero-order chi connectivity index (χ0) is 43.6. The number of rotatable bonds is 3. The summed E-state index contributed by atoms with van der Waals surface area (Å²) in [7, 11) is 0. The molecule has 11 rings (SSSR count). The maximum Gasteiger partial charge on any atom is 0.252 e. The lowest BCUT2D eigenvalue weighted by Crippen LogP contribution is -2.61. The Balaban J connectivity index is 1.26. The third-order valence-electron chi connectivity index (χ3n) is 16.2.